The summed E-state index contributed by atoms with van der Waals surface area (Å²) in [5, 5.41) is 10.6. The molecule has 0 bridgehead atoms. The van der Waals surface area contributed by atoms with E-state index in [1.807, 2.05) is 30.3 Å². The van der Waals surface area contributed by atoms with Crippen molar-refractivity contribution < 1.29 is 37.8 Å². The van der Waals surface area contributed by atoms with Crippen LogP contribution in [0, 0.1) is 5.82 Å². The molecule has 1 aliphatic heterocycles. The maximum absolute atomic E-state index is 14.7. The molecule has 0 atom stereocenters. The number of carboxylic acids is 1. The highest BCUT2D eigenvalue weighted by atomic mass is 19.1. The highest BCUT2D eigenvalue weighted by molar-refractivity contribution is 5.77. The molecule has 0 saturated carbocycles. The number of hydrogen-bond donors (Lipinski definition) is 1. The molecule has 4 rings (SSSR count). The number of hydroxylamine groups is 2. The quantitative estimate of drug-likeness (QED) is 0.412. The molecule has 0 unspecified atom stereocenters. The van der Waals surface area contributed by atoms with Gasteiger partial charge in [-0.1, -0.05) is 42.5 Å². The fourth-order valence-electron chi connectivity index (χ4n) is 4.13. The summed E-state index contributed by atoms with van der Waals surface area (Å²) >= 11 is 0. The van der Waals surface area contributed by atoms with Crippen LogP contribution in [0.25, 0.3) is 11.1 Å². The number of halogens is 2. The second-order valence-electron chi connectivity index (χ2n) is 8.22. The summed E-state index contributed by atoms with van der Waals surface area (Å²) in [6.07, 6.45) is -0.825. The van der Waals surface area contributed by atoms with Crippen molar-refractivity contribution in [1.82, 2.24) is 5.06 Å². The van der Waals surface area contributed by atoms with Crippen LogP contribution < -0.4 is 4.74 Å². The second kappa shape index (κ2) is 11.6. The van der Waals surface area contributed by atoms with E-state index in [4.69, 9.17) is 14.3 Å². The van der Waals surface area contributed by atoms with E-state index in [9.17, 15) is 23.5 Å². The van der Waals surface area contributed by atoms with E-state index in [1.54, 1.807) is 24.3 Å². The van der Waals surface area contributed by atoms with Gasteiger partial charge in [0.15, 0.2) is 0 Å². The summed E-state index contributed by atoms with van der Waals surface area (Å²) in [5.74, 6) is -1.06. The van der Waals surface area contributed by atoms with Crippen LogP contribution in [0.15, 0.2) is 60.7 Å². The number of benzene rings is 3. The Morgan fingerprint density at radius 2 is 1.78 bits per heavy atom. The lowest BCUT2D eigenvalue weighted by atomic mass is 9.90. The van der Waals surface area contributed by atoms with Crippen LogP contribution in [0.2, 0.25) is 0 Å². The minimum absolute atomic E-state index is 0.0512. The van der Waals surface area contributed by atoms with Crippen molar-refractivity contribution in [3.63, 3.8) is 0 Å². The topological polar surface area (TPSA) is 85.3 Å². The number of alkyl halides is 1. The Balaban J connectivity index is 1.58. The number of carboxylic acid groups (broad SMARTS) is 1. The molecule has 36 heavy (non-hydrogen) atoms. The Morgan fingerprint density at radius 3 is 2.53 bits per heavy atom. The lowest BCUT2D eigenvalue weighted by molar-refractivity contribution is -0.139. The molecular formula is C27H25F2NO6. The first-order valence-electron chi connectivity index (χ1n) is 11.4. The van der Waals surface area contributed by atoms with Crippen molar-refractivity contribution in [3.8, 4) is 16.9 Å². The lowest BCUT2D eigenvalue weighted by Gasteiger charge is -2.29. The Morgan fingerprint density at radius 1 is 0.972 bits per heavy atom. The Hall–Kier alpha value is -3.98. The molecule has 1 heterocycles. The third-order valence-corrected chi connectivity index (χ3v) is 5.75. The summed E-state index contributed by atoms with van der Waals surface area (Å²) in [4.78, 5) is 28.9. The average Bonchev–Trinajstić information content (AvgIpc) is 2.87. The van der Waals surface area contributed by atoms with Crippen molar-refractivity contribution in [2.75, 3.05) is 19.8 Å². The molecule has 0 fully saturated rings. The van der Waals surface area contributed by atoms with Gasteiger partial charge in [0.05, 0.1) is 13.0 Å². The second-order valence-corrected chi connectivity index (χ2v) is 8.22. The minimum atomic E-state index is -1.01. The largest absolute Gasteiger partial charge is 0.528 e. The normalized spacial score (nSPS) is 13.1. The zero-order chi connectivity index (χ0) is 25.5. The maximum Gasteiger partial charge on any atom is 0.528 e. The molecule has 0 radical (unpaired) electrons. The van der Waals surface area contributed by atoms with E-state index in [0.717, 1.165) is 5.56 Å². The van der Waals surface area contributed by atoms with Crippen LogP contribution in [0.1, 0.15) is 22.3 Å². The number of fused-ring (bicyclic) bond motifs is 1. The standard InChI is InChI=1S/C27H25F2NO6/c28-11-13-34-25-9-6-19(15-26(31)32)14-22(25)20-7-8-24(29)21-10-12-30(16-23(20)21)36-27(33)35-17-18-4-2-1-3-5-18/h1-9,14H,10-13,15-17H2,(H,31,32). The summed E-state index contributed by atoms with van der Waals surface area (Å²) in [7, 11) is 0. The van der Waals surface area contributed by atoms with Crippen LogP contribution in [0.4, 0.5) is 13.6 Å². The molecule has 9 heteroatoms. The van der Waals surface area contributed by atoms with Gasteiger partial charge in [0.2, 0.25) is 0 Å². The molecule has 0 amide bonds. The van der Waals surface area contributed by atoms with E-state index in [2.05, 4.69) is 0 Å². The van der Waals surface area contributed by atoms with Crippen molar-refractivity contribution in [2.45, 2.75) is 26.0 Å². The number of hydrogen-bond acceptors (Lipinski definition) is 6. The third kappa shape index (κ3) is 6.17. The zero-order valence-corrected chi connectivity index (χ0v) is 19.4. The molecule has 1 aliphatic rings. The SMILES string of the molecule is O=C(O)Cc1ccc(OCCF)c(-c2ccc(F)c3c2CN(OC(=O)OCc2ccccc2)CC3)c1. The van der Waals surface area contributed by atoms with E-state index in [0.29, 0.717) is 33.6 Å². The first-order chi connectivity index (χ1) is 17.4. The zero-order valence-electron chi connectivity index (χ0n) is 19.4. The third-order valence-electron chi connectivity index (χ3n) is 5.75. The predicted octanol–water partition coefficient (Wildman–Crippen LogP) is 5.09. The van der Waals surface area contributed by atoms with Gasteiger partial charge in [-0.05, 0) is 52.4 Å². The van der Waals surface area contributed by atoms with Gasteiger partial charge in [-0.25, -0.2) is 13.6 Å². The Kier molecular flexibility index (Phi) is 8.12. The molecule has 1 N–H and O–H groups in total. The first kappa shape index (κ1) is 25.1. The molecule has 188 valence electrons. The monoisotopic (exact) mass is 497 g/mol. The Labute approximate surface area is 206 Å². The molecule has 0 saturated heterocycles. The van der Waals surface area contributed by atoms with E-state index < -0.39 is 24.6 Å². The lowest BCUT2D eigenvalue weighted by Crippen LogP contribution is -2.34. The fraction of sp³-hybridized carbons (Fsp3) is 0.259. The van der Waals surface area contributed by atoms with Crippen LogP contribution in [-0.4, -0.2) is 42.1 Å². The van der Waals surface area contributed by atoms with Crippen molar-refractivity contribution in [3.05, 3.63) is 88.7 Å². The van der Waals surface area contributed by atoms with Crippen LogP contribution in [-0.2, 0) is 40.4 Å². The average molecular weight is 497 g/mol. The van der Waals surface area contributed by atoms with Gasteiger partial charge in [0.1, 0.15) is 31.5 Å². The van der Waals surface area contributed by atoms with Crippen LogP contribution in [0.3, 0.4) is 0 Å². The van der Waals surface area contributed by atoms with Gasteiger partial charge in [-0.15, -0.1) is 5.06 Å². The Bertz CT molecular complexity index is 1230. The van der Waals surface area contributed by atoms with Crippen molar-refractivity contribution in [1.29, 1.82) is 0 Å². The fourth-order valence-corrected chi connectivity index (χ4v) is 4.13. The molecule has 0 aliphatic carbocycles. The smallest absolute Gasteiger partial charge is 0.490 e. The van der Waals surface area contributed by atoms with Gasteiger partial charge in [0.25, 0.3) is 0 Å². The van der Waals surface area contributed by atoms with Gasteiger partial charge in [0, 0.05) is 12.1 Å². The molecule has 0 aromatic heterocycles. The number of nitrogens with zero attached hydrogens (tertiary/aromatic N) is 1. The summed E-state index contributed by atoms with van der Waals surface area (Å²) in [6.45, 7) is -0.496. The van der Waals surface area contributed by atoms with Gasteiger partial charge >= 0.3 is 12.1 Å². The molecule has 3 aromatic carbocycles. The number of carbonyl (C=O) groups is 2. The van der Waals surface area contributed by atoms with Crippen molar-refractivity contribution >= 4 is 12.1 Å². The van der Waals surface area contributed by atoms with E-state index >= 15 is 0 Å². The van der Waals surface area contributed by atoms with Gasteiger partial charge in [-0.2, -0.15) is 0 Å². The number of aliphatic carboxylic acids is 1. The maximum atomic E-state index is 14.7. The van der Waals surface area contributed by atoms with E-state index in [-0.39, 0.29) is 39.1 Å². The number of carbonyl (C=O) groups excluding carboxylic acids is 1. The van der Waals surface area contributed by atoms with Crippen molar-refractivity contribution in [2.24, 2.45) is 0 Å². The summed E-state index contributed by atoms with van der Waals surface area (Å²) in [6, 6.07) is 16.9. The van der Waals surface area contributed by atoms with Crippen LogP contribution >= 0.6 is 0 Å². The van der Waals surface area contributed by atoms with Crippen LogP contribution in [0.5, 0.6) is 5.75 Å². The predicted molar refractivity (Wildman–Crippen MR) is 126 cm³/mol. The molecular weight excluding hydrogens is 472 g/mol. The molecule has 0 spiro atoms. The minimum Gasteiger partial charge on any atom is -0.490 e. The van der Waals surface area contributed by atoms with Gasteiger partial charge in [-0.3, -0.25) is 4.79 Å². The highest BCUT2D eigenvalue weighted by Crippen LogP contribution is 2.38. The summed E-state index contributed by atoms with van der Waals surface area (Å²) < 4.78 is 38.3. The molecule has 3 aromatic rings. The summed E-state index contributed by atoms with van der Waals surface area (Å²) in [5.41, 5.74) is 3.44. The number of rotatable bonds is 9. The first-order valence-corrected chi connectivity index (χ1v) is 11.4. The highest BCUT2D eigenvalue weighted by Gasteiger charge is 2.27. The van der Waals surface area contributed by atoms with Gasteiger partial charge < -0.3 is 19.4 Å². The van der Waals surface area contributed by atoms with E-state index in [1.165, 1.54) is 11.1 Å². The number of ether oxygens (including phenoxy) is 2. The molecule has 7 nitrogen and oxygen atoms in total.